The Labute approximate surface area is 98.9 Å². The maximum absolute atomic E-state index is 3.02. The fourth-order valence-electron chi connectivity index (χ4n) is 1.59. The molecule has 0 saturated carbocycles. The number of nitrogens with one attached hydrogen (secondary N) is 1. The van der Waals surface area contributed by atoms with Gasteiger partial charge in [-0.25, -0.2) is 0 Å². The lowest BCUT2D eigenvalue weighted by atomic mass is 10.1. The van der Waals surface area contributed by atoms with E-state index in [2.05, 4.69) is 55.6 Å². The molecule has 0 heterocycles. The summed E-state index contributed by atoms with van der Waals surface area (Å²) in [4.78, 5) is 0. The molecule has 0 amide bonds. The highest BCUT2D eigenvalue weighted by atomic mass is 14.8. The minimum atomic E-state index is 1.17. The lowest BCUT2D eigenvalue weighted by molar-refractivity contribution is 0.922. The van der Waals surface area contributed by atoms with E-state index >= 15 is 0 Å². The van der Waals surface area contributed by atoms with Gasteiger partial charge in [0, 0.05) is 7.05 Å². The smallest absolute Gasteiger partial charge is 0.00277 e. The van der Waals surface area contributed by atoms with Crippen LogP contribution in [0, 0.1) is 0 Å². The molecule has 0 bridgehead atoms. The summed E-state index contributed by atoms with van der Waals surface area (Å²) in [6, 6.07) is 8.77. The SMILES string of the molecule is CCCc1ccc(/C=C\C(C)=C/NC)cc1. The van der Waals surface area contributed by atoms with Gasteiger partial charge in [0.1, 0.15) is 0 Å². The highest BCUT2D eigenvalue weighted by molar-refractivity contribution is 5.52. The molecule has 16 heavy (non-hydrogen) atoms. The Morgan fingerprint density at radius 3 is 2.50 bits per heavy atom. The van der Waals surface area contributed by atoms with Crippen molar-refractivity contribution in [2.45, 2.75) is 26.7 Å². The van der Waals surface area contributed by atoms with Crippen LogP contribution in [0.5, 0.6) is 0 Å². The molecule has 1 aromatic carbocycles. The standard InChI is InChI=1S/C15H21N/c1-4-5-14-8-10-15(11-9-14)7-6-13(2)12-16-3/h6-12,16H,4-5H2,1-3H3/b7-6-,13-12-. The molecule has 1 aromatic rings. The first-order chi connectivity index (χ1) is 7.76. The summed E-state index contributed by atoms with van der Waals surface area (Å²) in [5, 5.41) is 3.02. The van der Waals surface area contributed by atoms with Crippen molar-refractivity contribution in [2.75, 3.05) is 7.05 Å². The van der Waals surface area contributed by atoms with Crippen molar-refractivity contribution in [1.82, 2.24) is 5.32 Å². The van der Waals surface area contributed by atoms with Gasteiger partial charge < -0.3 is 5.32 Å². The number of aryl methyl sites for hydroxylation is 1. The highest BCUT2D eigenvalue weighted by Crippen LogP contribution is 2.09. The minimum absolute atomic E-state index is 1.17. The minimum Gasteiger partial charge on any atom is -0.394 e. The summed E-state index contributed by atoms with van der Waals surface area (Å²) in [6.07, 6.45) is 8.62. The van der Waals surface area contributed by atoms with Gasteiger partial charge in [0.25, 0.3) is 0 Å². The lowest BCUT2D eigenvalue weighted by Gasteiger charge is -1.99. The molecule has 0 aromatic heterocycles. The maximum Gasteiger partial charge on any atom is 0.00277 e. The first-order valence-electron chi connectivity index (χ1n) is 5.87. The van der Waals surface area contributed by atoms with Crippen molar-refractivity contribution in [1.29, 1.82) is 0 Å². The zero-order valence-electron chi connectivity index (χ0n) is 10.5. The molecule has 0 aliphatic heterocycles. The molecule has 1 nitrogen and oxygen atoms in total. The number of allylic oxidation sites excluding steroid dienone is 2. The third-order valence-electron chi connectivity index (χ3n) is 2.43. The van der Waals surface area contributed by atoms with Crippen LogP contribution in [0.1, 0.15) is 31.4 Å². The molecule has 0 aliphatic rings. The first-order valence-corrected chi connectivity index (χ1v) is 5.87. The molecule has 0 atom stereocenters. The van der Waals surface area contributed by atoms with Gasteiger partial charge in [-0.15, -0.1) is 0 Å². The van der Waals surface area contributed by atoms with E-state index in [0.717, 1.165) is 0 Å². The normalized spacial score (nSPS) is 12.1. The molecule has 0 aliphatic carbocycles. The van der Waals surface area contributed by atoms with Crippen molar-refractivity contribution in [2.24, 2.45) is 0 Å². The number of hydrogen-bond donors (Lipinski definition) is 1. The van der Waals surface area contributed by atoms with E-state index in [-0.39, 0.29) is 0 Å². The van der Waals surface area contributed by atoms with E-state index in [9.17, 15) is 0 Å². The fraction of sp³-hybridized carbons (Fsp3) is 0.333. The third-order valence-corrected chi connectivity index (χ3v) is 2.43. The van der Waals surface area contributed by atoms with Gasteiger partial charge in [-0.2, -0.15) is 0 Å². The van der Waals surface area contributed by atoms with Crippen LogP contribution in [0.3, 0.4) is 0 Å². The van der Waals surface area contributed by atoms with Crippen LogP contribution in [0.15, 0.2) is 42.1 Å². The van der Waals surface area contributed by atoms with Gasteiger partial charge in [-0.05, 0) is 36.2 Å². The zero-order chi connectivity index (χ0) is 11.8. The Morgan fingerprint density at radius 2 is 1.94 bits per heavy atom. The van der Waals surface area contributed by atoms with Crippen LogP contribution in [0.2, 0.25) is 0 Å². The number of benzene rings is 1. The summed E-state index contributed by atoms with van der Waals surface area (Å²) < 4.78 is 0. The molecule has 0 fully saturated rings. The van der Waals surface area contributed by atoms with Crippen molar-refractivity contribution >= 4 is 6.08 Å². The molecular weight excluding hydrogens is 194 g/mol. The van der Waals surface area contributed by atoms with Crippen molar-refractivity contribution in [3.63, 3.8) is 0 Å². The summed E-state index contributed by atoms with van der Waals surface area (Å²) in [6.45, 7) is 4.29. The third kappa shape index (κ3) is 4.35. The second kappa shape index (κ2) is 6.89. The fourth-order valence-corrected chi connectivity index (χ4v) is 1.59. The van der Waals surface area contributed by atoms with Crippen LogP contribution in [0.25, 0.3) is 6.08 Å². The van der Waals surface area contributed by atoms with Crippen LogP contribution in [0.4, 0.5) is 0 Å². The Hall–Kier alpha value is -1.50. The van der Waals surface area contributed by atoms with E-state index in [1.165, 1.54) is 29.5 Å². The van der Waals surface area contributed by atoms with Crippen LogP contribution in [-0.2, 0) is 6.42 Å². The average molecular weight is 215 g/mol. The van der Waals surface area contributed by atoms with Gasteiger partial charge >= 0.3 is 0 Å². The largest absolute Gasteiger partial charge is 0.394 e. The second-order valence-corrected chi connectivity index (χ2v) is 4.00. The molecule has 0 spiro atoms. The lowest BCUT2D eigenvalue weighted by Crippen LogP contribution is -1.92. The molecule has 0 unspecified atom stereocenters. The van der Waals surface area contributed by atoms with Gasteiger partial charge in [0.05, 0.1) is 0 Å². The number of rotatable bonds is 5. The first kappa shape index (κ1) is 12.6. The Balaban J connectivity index is 2.64. The monoisotopic (exact) mass is 215 g/mol. The van der Waals surface area contributed by atoms with Crippen molar-refractivity contribution < 1.29 is 0 Å². The number of hydrogen-bond acceptors (Lipinski definition) is 1. The Bertz CT molecular complexity index is 358. The molecule has 1 rings (SSSR count). The van der Waals surface area contributed by atoms with Crippen molar-refractivity contribution in [3.8, 4) is 0 Å². The van der Waals surface area contributed by atoms with Gasteiger partial charge in [-0.1, -0.05) is 49.8 Å². The Morgan fingerprint density at radius 1 is 1.25 bits per heavy atom. The van der Waals surface area contributed by atoms with E-state index in [1.54, 1.807) is 0 Å². The summed E-state index contributed by atoms with van der Waals surface area (Å²) in [7, 11) is 1.91. The predicted molar refractivity (Wildman–Crippen MR) is 72.3 cm³/mol. The molecule has 0 saturated heterocycles. The zero-order valence-corrected chi connectivity index (χ0v) is 10.5. The van der Waals surface area contributed by atoms with Gasteiger partial charge in [0.15, 0.2) is 0 Å². The summed E-state index contributed by atoms with van der Waals surface area (Å²) in [5.41, 5.74) is 3.89. The highest BCUT2D eigenvalue weighted by Gasteiger charge is 1.90. The van der Waals surface area contributed by atoms with E-state index < -0.39 is 0 Å². The summed E-state index contributed by atoms with van der Waals surface area (Å²) >= 11 is 0. The molecule has 1 heteroatoms. The van der Waals surface area contributed by atoms with Crippen LogP contribution in [-0.4, -0.2) is 7.05 Å². The molecular formula is C15H21N. The topological polar surface area (TPSA) is 12.0 Å². The molecule has 0 radical (unpaired) electrons. The Kier molecular flexibility index (Phi) is 5.41. The van der Waals surface area contributed by atoms with E-state index in [4.69, 9.17) is 0 Å². The van der Waals surface area contributed by atoms with Crippen LogP contribution >= 0.6 is 0 Å². The van der Waals surface area contributed by atoms with Crippen molar-refractivity contribution in [3.05, 3.63) is 53.2 Å². The molecule has 1 N–H and O–H groups in total. The quantitative estimate of drug-likeness (QED) is 0.737. The van der Waals surface area contributed by atoms with Gasteiger partial charge in [-0.3, -0.25) is 0 Å². The maximum atomic E-state index is 3.02. The predicted octanol–water partition coefficient (Wildman–Crippen LogP) is 3.78. The molecule has 86 valence electrons. The average Bonchev–Trinajstić information content (AvgIpc) is 2.29. The van der Waals surface area contributed by atoms with E-state index in [0.29, 0.717) is 0 Å². The second-order valence-electron chi connectivity index (χ2n) is 4.00. The van der Waals surface area contributed by atoms with E-state index in [1.807, 2.05) is 13.2 Å². The van der Waals surface area contributed by atoms with Crippen LogP contribution < -0.4 is 5.32 Å². The van der Waals surface area contributed by atoms with Gasteiger partial charge in [0.2, 0.25) is 0 Å². The summed E-state index contributed by atoms with van der Waals surface area (Å²) in [5.74, 6) is 0.